The highest BCUT2D eigenvalue weighted by atomic mass is 16.5. The van der Waals surface area contributed by atoms with Crippen LogP contribution in [0.4, 0.5) is 0 Å². The Hall–Kier alpha value is -4.93. The van der Waals surface area contributed by atoms with E-state index in [2.05, 4.69) is 4.98 Å². The Bertz CT molecular complexity index is 1610. The Morgan fingerprint density at radius 2 is 1.78 bits per heavy atom. The van der Waals surface area contributed by atoms with Crippen LogP contribution in [0.3, 0.4) is 0 Å². The molecule has 0 spiro atoms. The largest absolute Gasteiger partial charge is 0.507 e. The first-order valence-corrected chi connectivity index (χ1v) is 12.9. The summed E-state index contributed by atoms with van der Waals surface area (Å²) in [5, 5.41) is 30.4. The van der Waals surface area contributed by atoms with E-state index in [9.17, 15) is 24.9 Å². The fourth-order valence-corrected chi connectivity index (χ4v) is 4.67. The van der Waals surface area contributed by atoms with Crippen LogP contribution in [0.1, 0.15) is 40.5 Å². The highest BCUT2D eigenvalue weighted by Crippen LogP contribution is 2.37. The normalized spacial score (nSPS) is 11.7. The number of hydrogen-bond acceptors (Lipinski definition) is 9. The summed E-state index contributed by atoms with van der Waals surface area (Å²) in [6, 6.07) is 11.0. The zero-order chi connectivity index (χ0) is 29.7. The van der Waals surface area contributed by atoms with E-state index in [4.69, 9.17) is 14.2 Å². The molecule has 0 aliphatic carbocycles. The number of hydrogen-bond donors (Lipinski definition) is 3. The molecule has 0 bridgehead atoms. The summed E-state index contributed by atoms with van der Waals surface area (Å²) in [7, 11) is 4.60. The lowest BCUT2D eigenvalue weighted by Gasteiger charge is -2.21. The van der Waals surface area contributed by atoms with Crippen molar-refractivity contribution in [2.24, 2.45) is 7.05 Å². The topological polar surface area (TPSA) is 145 Å². The number of phenols is 2. The minimum Gasteiger partial charge on any atom is -0.507 e. The Morgan fingerprint density at radius 1 is 1.00 bits per heavy atom. The Labute approximate surface area is 236 Å². The first-order valence-electron chi connectivity index (χ1n) is 12.9. The summed E-state index contributed by atoms with van der Waals surface area (Å²) < 4.78 is 19.7. The number of methoxy groups -OCH3 is 2. The summed E-state index contributed by atoms with van der Waals surface area (Å²) in [6.45, 7) is 2.13. The Morgan fingerprint density at radius 3 is 2.44 bits per heavy atom. The van der Waals surface area contributed by atoms with Crippen LogP contribution >= 0.6 is 0 Å². The lowest BCUT2D eigenvalue weighted by atomic mass is 9.88. The molecule has 0 fully saturated rings. The number of ether oxygens (including phenoxy) is 3. The number of aromatic hydroxyl groups is 3. The van der Waals surface area contributed by atoms with E-state index in [1.165, 1.54) is 37.0 Å². The molecule has 2 heterocycles. The monoisotopic (exact) mass is 563 g/mol. The number of carbonyl (C=O) groups is 1. The average molecular weight is 564 g/mol. The standard InChI is InChI=1S/C30H33N3O8/c1-18-13-24(36)29(30(38)33(18)11-9-19-5-7-22(34)23(35)14-19)21(16-28(37)40-4)20-6-8-25(26(15-20)39-3)41-17-27-31-10-12-32(27)2/h5-8,10,12-15,21,34-36H,9,11,16-17H2,1-4H3/t21-/m1/s1. The van der Waals surface area contributed by atoms with Gasteiger partial charge in [-0.15, -0.1) is 0 Å². The smallest absolute Gasteiger partial charge is 0.306 e. The van der Waals surface area contributed by atoms with Gasteiger partial charge >= 0.3 is 5.97 Å². The van der Waals surface area contributed by atoms with Crippen molar-refractivity contribution in [2.75, 3.05) is 14.2 Å². The summed E-state index contributed by atoms with van der Waals surface area (Å²) in [6.07, 6.45) is 3.65. The van der Waals surface area contributed by atoms with Gasteiger partial charge in [-0.25, -0.2) is 4.98 Å². The van der Waals surface area contributed by atoms with Gasteiger partial charge in [-0.05, 0) is 54.8 Å². The first kappa shape index (κ1) is 29.1. The second-order valence-corrected chi connectivity index (χ2v) is 9.60. The van der Waals surface area contributed by atoms with Crippen LogP contribution in [0.5, 0.6) is 28.7 Å². The highest BCUT2D eigenvalue weighted by Gasteiger charge is 2.27. The van der Waals surface area contributed by atoms with Crippen molar-refractivity contribution >= 4 is 5.97 Å². The maximum absolute atomic E-state index is 13.8. The molecule has 0 radical (unpaired) electrons. The molecule has 0 saturated heterocycles. The molecule has 0 saturated carbocycles. The van der Waals surface area contributed by atoms with Gasteiger partial charge in [-0.3, -0.25) is 9.59 Å². The molecule has 4 aromatic rings. The van der Waals surface area contributed by atoms with Gasteiger partial charge in [-0.1, -0.05) is 12.1 Å². The van der Waals surface area contributed by atoms with Gasteiger partial charge in [0.2, 0.25) is 0 Å². The van der Waals surface area contributed by atoms with Gasteiger partial charge in [0, 0.05) is 37.6 Å². The van der Waals surface area contributed by atoms with Crippen LogP contribution in [-0.2, 0) is 36.2 Å². The first-order chi connectivity index (χ1) is 19.6. The Balaban J connectivity index is 1.70. The molecule has 0 unspecified atom stereocenters. The van der Waals surface area contributed by atoms with Gasteiger partial charge < -0.3 is 38.7 Å². The molecule has 1 atom stereocenters. The number of imidazole rings is 1. The number of rotatable bonds is 11. The summed E-state index contributed by atoms with van der Waals surface area (Å²) in [4.78, 5) is 30.5. The van der Waals surface area contributed by atoms with Crippen molar-refractivity contribution < 1.29 is 34.3 Å². The molecule has 11 nitrogen and oxygen atoms in total. The number of carbonyl (C=O) groups excluding carboxylic acids is 1. The molecular weight excluding hydrogens is 530 g/mol. The maximum atomic E-state index is 13.8. The van der Waals surface area contributed by atoms with Crippen molar-refractivity contribution in [3.8, 4) is 28.7 Å². The van der Waals surface area contributed by atoms with Crippen LogP contribution in [0.25, 0.3) is 0 Å². The minimum atomic E-state index is -0.850. The predicted octanol–water partition coefficient (Wildman–Crippen LogP) is 3.53. The summed E-state index contributed by atoms with van der Waals surface area (Å²) in [5.74, 6) is -0.599. The molecule has 0 aliphatic rings. The maximum Gasteiger partial charge on any atom is 0.306 e. The van der Waals surface area contributed by atoms with E-state index in [-0.39, 0.29) is 42.4 Å². The predicted molar refractivity (Wildman–Crippen MR) is 150 cm³/mol. The number of pyridine rings is 1. The number of aryl methyl sites for hydroxylation is 3. The molecule has 41 heavy (non-hydrogen) atoms. The Kier molecular flexibility index (Phi) is 8.86. The third-order valence-corrected chi connectivity index (χ3v) is 7.00. The van der Waals surface area contributed by atoms with Gasteiger partial charge in [0.1, 0.15) is 18.2 Å². The molecule has 4 rings (SSSR count). The zero-order valence-electron chi connectivity index (χ0n) is 23.3. The van der Waals surface area contributed by atoms with Gasteiger partial charge in [-0.2, -0.15) is 0 Å². The third kappa shape index (κ3) is 6.46. The van der Waals surface area contributed by atoms with E-state index < -0.39 is 17.4 Å². The van der Waals surface area contributed by atoms with Crippen molar-refractivity contribution in [2.45, 2.75) is 38.8 Å². The van der Waals surface area contributed by atoms with Crippen molar-refractivity contribution in [3.63, 3.8) is 0 Å². The number of phenolic OH excluding ortho intramolecular Hbond substituents is 2. The van der Waals surface area contributed by atoms with Crippen molar-refractivity contribution in [3.05, 3.63) is 93.4 Å². The van der Waals surface area contributed by atoms with Crippen LogP contribution in [0, 0.1) is 6.92 Å². The van der Waals surface area contributed by atoms with Crippen LogP contribution in [-0.4, -0.2) is 49.6 Å². The second-order valence-electron chi connectivity index (χ2n) is 9.60. The molecule has 2 aromatic carbocycles. The van der Waals surface area contributed by atoms with E-state index in [1.54, 1.807) is 37.4 Å². The van der Waals surface area contributed by atoms with Crippen molar-refractivity contribution in [1.82, 2.24) is 14.1 Å². The average Bonchev–Trinajstić information content (AvgIpc) is 3.37. The number of nitrogens with zero attached hydrogens (tertiary/aromatic N) is 3. The molecule has 0 amide bonds. The molecule has 11 heteroatoms. The molecular formula is C30H33N3O8. The number of esters is 1. The molecule has 216 valence electrons. The fourth-order valence-electron chi connectivity index (χ4n) is 4.67. The lowest BCUT2D eigenvalue weighted by Crippen LogP contribution is -2.29. The van der Waals surface area contributed by atoms with Crippen LogP contribution in [0.15, 0.2) is 59.7 Å². The minimum absolute atomic E-state index is 0.0401. The SMILES string of the molecule is COC(=O)C[C@H](c1ccc(OCc2nccn2C)c(OC)c1)c1c(O)cc(C)n(CCc2ccc(O)c(O)c2)c1=O. The molecule has 3 N–H and O–H groups in total. The van der Waals surface area contributed by atoms with Crippen molar-refractivity contribution in [1.29, 1.82) is 0 Å². The highest BCUT2D eigenvalue weighted by molar-refractivity contribution is 5.71. The third-order valence-electron chi connectivity index (χ3n) is 7.00. The fraction of sp³-hybridized carbons (Fsp3) is 0.300. The van der Waals surface area contributed by atoms with Gasteiger partial charge in [0.05, 0.1) is 26.2 Å². The number of benzene rings is 2. The van der Waals surface area contributed by atoms with E-state index in [0.717, 1.165) is 0 Å². The summed E-state index contributed by atoms with van der Waals surface area (Å²) >= 11 is 0. The summed E-state index contributed by atoms with van der Waals surface area (Å²) in [5.41, 5.74) is 1.35. The molecule has 0 aliphatic heterocycles. The zero-order valence-corrected chi connectivity index (χ0v) is 23.3. The number of aromatic nitrogens is 3. The van der Waals surface area contributed by atoms with E-state index in [0.29, 0.717) is 40.6 Å². The lowest BCUT2D eigenvalue weighted by molar-refractivity contribution is -0.140. The second kappa shape index (κ2) is 12.5. The van der Waals surface area contributed by atoms with E-state index >= 15 is 0 Å². The quantitative estimate of drug-likeness (QED) is 0.184. The van der Waals surface area contributed by atoms with Gasteiger partial charge in [0.25, 0.3) is 5.56 Å². The van der Waals surface area contributed by atoms with Gasteiger partial charge in [0.15, 0.2) is 23.0 Å². The molecule has 2 aromatic heterocycles. The van der Waals surface area contributed by atoms with Crippen LogP contribution < -0.4 is 15.0 Å². The van der Waals surface area contributed by atoms with E-state index in [1.807, 2.05) is 17.8 Å². The van der Waals surface area contributed by atoms with Crippen LogP contribution in [0.2, 0.25) is 0 Å².